The lowest BCUT2D eigenvalue weighted by Crippen LogP contribution is -2.33. The molecule has 2 rings (SSSR count). The lowest BCUT2D eigenvalue weighted by atomic mass is 9.93. The maximum Gasteiger partial charge on any atom is 0.328 e. The molecule has 1 aliphatic rings. The Labute approximate surface area is 124 Å². The Morgan fingerprint density at radius 1 is 1.45 bits per heavy atom. The van der Waals surface area contributed by atoms with Gasteiger partial charge in [0.25, 0.3) is 0 Å². The van der Waals surface area contributed by atoms with Gasteiger partial charge in [-0.2, -0.15) is 0 Å². The van der Waals surface area contributed by atoms with Gasteiger partial charge in [-0.25, -0.2) is 4.79 Å². The highest BCUT2D eigenvalue weighted by Gasteiger charge is 2.19. The summed E-state index contributed by atoms with van der Waals surface area (Å²) >= 11 is 6.09. The number of benzene rings is 1. The zero-order chi connectivity index (χ0) is 14.5. The lowest BCUT2D eigenvalue weighted by molar-refractivity contribution is -0.131. The quantitative estimate of drug-likeness (QED) is 0.851. The van der Waals surface area contributed by atoms with Crippen molar-refractivity contribution in [3.8, 4) is 0 Å². The third-order valence-corrected chi connectivity index (χ3v) is 4.17. The molecule has 0 radical (unpaired) electrons. The van der Waals surface area contributed by atoms with E-state index in [2.05, 4.69) is 11.8 Å². The summed E-state index contributed by atoms with van der Waals surface area (Å²) < 4.78 is 0. The van der Waals surface area contributed by atoms with Gasteiger partial charge >= 0.3 is 5.97 Å². The van der Waals surface area contributed by atoms with Crippen LogP contribution in [0.15, 0.2) is 24.3 Å². The Morgan fingerprint density at radius 3 is 2.75 bits per heavy atom. The number of hydrogen-bond acceptors (Lipinski definition) is 2. The highest BCUT2D eigenvalue weighted by Crippen LogP contribution is 2.30. The monoisotopic (exact) mass is 293 g/mol. The van der Waals surface area contributed by atoms with Gasteiger partial charge in [0.2, 0.25) is 0 Å². The highest BCUT2D eigenvalue weighted by atomic mass is 35.5. The van der Waals surface area contributed by atoms with Gasteiger partial charge in [0.05, 0.1) is 0 Å². The van der Waals surface area contributed by atoms with Crippen LogP contribution in [0.4, 0.5) is 5.69 Å². The van der Waals surface area contributed by atoms with Gasteiger partial charge in [-0.3, -0.25) is 0 Å². The minimum absolute atomic E-state index is 0.685. The van der Waals surface area contributed by atoms with E-state index in [1.165, 1.54) is 25.3 Å². The fourth-order valence-electron chi connectivity index (χ4n) is 2.67. The van der Waals surface area contributed by atoms with E-state index in [1.54, 1.807) is 12.1 Å². The average molecular weight is 294 g/mol. The first-order chi connectivity index (χ1) is 9.60. The molecule has 0 saturated carbocycles. The summed E-state index contributed by atoms with van der Waals surface area (Å²) in [7, 11) is 0. The van der Waals surface area contributed by atoms with Crippen molar-refractivity contribution in [2.75, 3.05) is 18.0 Å². The molecule has 1 aromatic carbocycles. The van der Waals surface area contributed by atoms with E-state index < -0.39 is 5.97 Å². The molecule has 0 spiro atoms. The van der Waals surface area contributed by atoms with Gasteiger partial charge < -0.3 is 10.0 Å². The molecule has 4 heteroatoms. The van der Waals surface area contributed by atoms with E-state index in [4.69, 9.17) is 16.7 Å². The van der Waals surface area contributed by atoms with E-state index >= 15 is 0 Å². The van der Waals surface area contributed by atoms with Gasteiger partial charge in [0.1, 0.15) is 0 Å². The van der Waals surface area contributed by atoms with Crippen LogP contribution < -0.4 is 4.90 Å². The van der Waals surface area contributed by atoms with Crippen LogP contribution in [0.1, 0.15) is 31.7 Å². The van der Waals surface area contributed by atoms with Crippen LogP contribution in [-0.4, -0.2) is 24.2 Å². The standard InChI is InChI=1S/C16H20ClNO2/c1-2-12-7-9-18(10-8-12)15-11-14(17)5-3-13(15)4-6-16(19)20/h3-6,11-12H,2,7-10H2,1H3,(H,19,20)/b6-4+. The van der Waals surface area contributed by atoms with Crippen molar-refractivity contribution in [1.29, 1.82) is 0 Å². The number of carboxylic acid groups (broad SMARTS) is 1. The number of piperidine rings is 1. The molecule has 1 heterocycles. The molecule has 108 valence electrons. The lowest BCUT2D eigenvalue weighted by Gasteiger charge is -2.34. The van der Waals surface area contributed by atoms with Crippen LogP contribution in [0, 0.1) is 5.92 Å². The van der Waals surface area contributed by atoms with E-state index in [-0.39, 0.29) is 0 Å². The van der Waals surface area contributed by atoms with Crippen molar-refractivity contribution in [1.82, 2.24) is 0 Å². The third-order valence-electron chi connectivity index (χ3n) is 3.93. The fraction of sp³-hybridized carbons (Fsp3) is 0.438. The van der Waals surface area contributed by atoms with Crippen LogP contribution >= 0.6 is 11.6 Å². The second-order valence-electron chi connectivity index (χ2n) is 5.21. The Kier molecular flexibility index (Phi) is 5.07. The predicted octanol–water partition coefficient (Wildman–Crippen LogP) is 4.06. The smallest absolute Gasteiger partial charge is 0.328 e. The van der Waals surface area contributed by atoms with Crippen molar-refractivity contribution >= 4 is 29.3 Å². The number of aliphatic carboxylic acids is 1. The average Bonchev–Trinajstić information content (AvgIpc) is 2.46. The van der Waals surface area contributed by atoms with Crippen LogP contribution in [0.5, 0.6) is 0 Å². The normalized spacial score (nSPS) is 16.8. The van der Waals surface area contributed by atoms with Crippen molar-refractivity contribution in [2.45, 2.75) is 26.2 Å². The largest absolute Gasteiger partial charge is 0.478 e. The number of rotatable bonds is 4. The number of anilines is 1. The summed E-state index contributed by atoms with van der Waals surface area (Å²) in [5, 5.41) is 9.46. The van der Waals surface area contributed by atoms with Crippen molar-refractivity contribution in [3.63, 3.8) is 0 Å². The molecule has 1 aromatic rings. The second-order valence-corrected chi connectivity index (χ2v) is 5.65. The molecule has 1 saturated heterocycles. The zero-order valence-electron chi connectivity index (χ0n) is 11.7. The molecule has 0 amide bonds. The van der Waals surface area contributed by atoms with E-state index in [1.807, 2.05) is 12.1 Å². The van der Waals surface area contributed by atoms with Crippen molar-refractivity contribution in [3.05, 3.63) is 34.9 Å². The second kappa shape index (κ2) is 6.80. The minimum Gasteiger partial charge on any atom is -0.478 e. The number of halogens is 1. The Bertz CT molecular complexity index is 505. The van der Waals surface area contributed by atoms with Crippen LogP contribution in [0.2, 0.25) is 5.02 Å². The molecule has 1 N–H and O–H groups in total. The minimum atomic E-state index is -0.935. The van der Waals surface area contributed by atoms with Crippen LogP contribution in [-0.2, 0) is 4.79 Å². The van der Waals surface area contributed by atoms with Gasteiger partial charge in [-0.1, -0.05) is 31.0 Å². The molecule has 1 fully saturated rings. The summed E-state index contributed by atoms with van der Waals surface area (Å²) in [6.45, 7) is 4.25. The van der Waals surface area contributed by atoms with Crippen molar-refractivity contribution < 1.29 is 9.90 Å². The van der Waals surface area contributed by atoms with E-state index in [0.29, 0.717) is 5.02 Å². The van der Waals surface area contributed by atoms with Crippen LogP contribution in [0.3, 0.4) is 0 Å². The summed E-state index contributed by atoms with van der Waals surface area (Å²) in [4.78, 5) is 13.0. The Balaban J connectivity index is 2.21. The summed E-state index contributed by atoms with van der Waals surface area (Å²) in [6, 6.07) is 5.60. The first kappa shape index (κ1) is 14.9. The number of nitrogens with zero attached hydrogens (tertiary/aromatic N) is 1. The molecule has 0 atom stereocenters. The Morgan fingerprint density at radius 2 is 2.15 bits per heavy atom. The summed E-state index contributed by atoms with van der Waals surface area (Å²) in [6.07, 6.45) is 6.41. The van der Waals surface area contributed by atoms with E-state index in [9.17, 15) is 4.79 Å². The summed E-state index contributed by atoms with van der Waals surface area (Å²) in [5.41, 5.74) is 1.94. The van der Waals surface area contributed by atoms with E-state index in [0.717, 1.165) is 30.3 Å². The first-order valence-corrected chi connectivity index (χ1v) is 7.43. The number of carboxylic acids is 1. The predicted molar refractivity (Wildman–Crippen MR) is 83.3 cm³/mol. The maximum absolute atomic E-state index is 10.7. The molecule has 0 bridgehead atoms. The summed E-state index contributed by atoms with van der Waals surface area (Å²) in [5.74, 6) is -0.126. The molecule has 20 heavy (non-hydrogen) atoms. The molecular weight excluding hydrogens is 274 g/mol. The molecular formula is C16H20ClNO2. The molecule has 3 nitrogen and oxygen atoms in total. The number of hydrogen-bond donors (Lipinski definition) is 1. The van der Waals surface area contributed by atoms with Crippen molar-refractivity contribution in [2.24, 2.45) is 5.92 Å². The molecule has 1 aliphatic heterocycles. The zero-order valence-corrected chi connectivity index (χ0v) is 12.4. The molecule has 0 aliphatic carbocycles. The third kappa shape index (κ3) is 3.76. The molecule has 0 unspecified atom stereocenters. The SMILES string of the molecule is CCC1CCN(c2cc(Cl)ccc2/C=C/C(=O)O)CC1. The number of carbonyl (C=O) groups is 1. The van der Waals surface area contributed by atoms with Gasteiger partial charge in [0.15, 0.2) is 0 Å². The highest BCUT2D eigenvalue weighted by molar-refractivity contribution is 6.31. The Hall–Kier alpha value is -1.48. The fourth-order valence-corrected chi connectivity index (χ4v) is 2.84. The van der Waals surface area contributed by atoms with Gasteiger partial charge in [-0.05, 0) is 42.5 Å². The topological polar surface area (TPSA) is 40.5 Å². The maximum atomic E-state index is 10.7. The van der Waals surface area contributed by atoms with Gasteiger partial charge in [-0.15, -0.1) is 0 Å². The van der Waals surface area contributed by atoms with Gasteiger partial charge in [0, 0.05) is 29.9 Å². The van der Waals surface area contributed by atoms with Crippen LogP contribution in [0.25, 0.3) is 6.08 Å². The molecule has 0 aromatic heterocycles. The first-order valence-electron chi connectivity index (χ1n) is 7.05.